The molecule has 0 aromatic heterocycles. The third-order valence-electron chi connectivity index (χ3n) is 3.35. The highest BCUT2D eigenvalue weighted by Gasteiger charge is 2.17. The Hall–Kier alpha value is -2.60. The molecule has 3 heteroatoms. The summed E-state index contributed by atoms with van der Waals surface area (Å²) in [7, 11) is 0. The summed E-state index contributed by atoms with van der Waals surface area (Å²) in [6.45, 7) is 2.26. The minimum Gasteiger partial charge on any atom is -0.345 e. The molecule has 0 spiro atoms. The van der Waals surface area contributed by atoms with E-state index >= 15 is 0 Å². The Morgan fingerprint density at radius 1 is 1.14 bits per heavy atom. The molecule has 1 amide bonds. The first kappa shape index (κ1) is 15.8. The fourth-order valence-electron chi connectivity index (χ4n) is 2.19. The van der Waals surface area contributed by atoms with E-state index in [1.807, 2.05) is 37.3 Å². The van der Waals surface area contributed by atoms with Crippen molar-refractivity contribution in [1.82, 2.24) is 5.32 Å². The molecule has 0 saturated carbocycles. The van der Waals surface area contributed by atoms with Gasteiger partial charge in [-0.1, -0.05) is 49.1 Å². The molecule has 0 radical (unpaired) electrons. The number of hydrogen-bond donors (Lipinski definition) is 1. The van der Waals surface area contributed by atoms with Crippen LogP contribution in [0.4, 0.5) is 4.39 Å². The Bertz CT molecular complexity index is 668. The number of halogens is 1. The minimum atomic E-state index is -0.285. The molecule has 0 heterocycles. The minimum absolute atomic E-state index is 0.0258. The largest absolute Gasteiger partial charge is 0.345 e. The molecule has 2 aromatic carbocycles. The van der Waals surface area contributed by atoms with Gasteiger partial charge in [-0.3, -0.25) is 4.79 Å². The highest BCUT2D eigenvalue weighted by atomic mass is 19.1. The molecule has 0 aliphatic heterocycles. The number of nitrogens with one attached hydrogen (secondary N) is 1. The van der Waals surface area contributed by atoms with Crippen LogP contribution in [0.1, 0.15) is 30.4 Å². The van der Waals surface area contributed by atoms with E-state index in [2.05, 4.69) is 17.2 Å². The summed E-state index contributed by atoms with van der Waals surface area (Å²) >= 11 is 0. The van der Waals surface area contributed by atoms with Crippen molar-refractivity contribution in [2.24, 2.45) is 0 Å². The second kappa shape index (κ2) is 7.99. The molecule has 2 nitrogen and oxygen atoms in total. The monoisotopic (exact) mass is 295 g/mol. The van der Waals surface area contributed by atoms with Gasteiger partial charge in [0.05, 0.1) is 12.5 Å². The van der Waals surface area contributed by atoms with Crippen molar-refractivity contribution in [2.45, 2.75) is 19.3 Å². The Kier molecular flexibility index (Phi) is 5.73. The molecule has 2 aromatic rings. The molecular weight excluding hydrogens is 277 g/mol. The van der Waals surface area contributed by atoms with Gasteiger partial charge in [0.1, 0.15) is 5.82 Å². The lowest BCUT2D eigenvalue weighted by Crippen LogP contribution is -2.29. The van der Waals surface area contributed by atoms with E-state index in [1.54, 1.807) is 12.1 Å². The molecule has 1 atom stereocenters. The topological polar surface area (TPSA) is 29.1 Å². The van der Waals surface area contributed by atoms with Crippen LogP contribution in [-0.4, -0.2) is 12.5 Å². The third-order valence-corrected chi connectivity index (χ3v) is 3.35. The quantitative estimate of drug-likeness (QED) is 0.860. The SMILES string of the molecule is CCC(C(=O)NCC#Cc1ccc(F)cc1)c1ccccc1. The Morgan fingerprint density at radius 2 is 1.82 bits per heavy atom. The van der Waals surface area contributed by atoms with Crippen molar-refractivity contribution in [3.8, 4) is 11.8 Å². The molecular formula is C19H18FNO. The van der Waals surface area contributed by atoms with Crippen LogP contribution in [0, 0.1) is 17.7 Å². The Labute approximate surface area is 130 Å². The van der Waals surface area contributed by atoms with E-state index < -0.39 is 0 Å². The van der Waals surface area contributed by atoms with Crippen molar-refractivity contribution in [1.29, 1.82) is 0 Å². The van der Waals surface area contributed by atoms with E-state index in [-0.39, 0.29) is 24.2 Å². The van der Waals surface area contributed by atoms with Gasteiger partial charge in [0.25, 0.3) is 0 Å². The lowest BCUT2D eigenvalue weighted by atomic mass is 9.96. The summed E-state index contributed by atoms with van der Waals surface area (Å²) in [4.78, 5) is 12.2. The highest BCUT2D eigenvalue weighted by molar-refractivity contribution is 5.83. The molecule has 0 aliphatic carbocycles. The van der Waals surface area contributed by atoms with Crippen LogP contribution in [-0.2, 0) is 4.79 Å². The predicted octanol–water partition coefficient (Wildman–Crippen LogP) is 3.49. The molecule has 22 heavy (non-hydrogen) atoms. The molecule has 1 unspecified atom stereocenters. The average molecular weight is 295 g/mol. The molecule has 0 fully saturated rings. The van der Waals surface area contributed by atoms with Gasteiger partial charge >= 0.3 is 0 Å². The van der Waals surface area contributed by atoms with Gasteiger partial charge in [-0.25, -0.2) is 4.39 Å². The fraction of sp³-hybridized carbons (Fsp3) is 0.211. The van der Waals surface area contributed by atoms with Gasteiger partial charge in [0.15, 0.2) is 0 Å². The summed E-state index contributed by atoms with van der Waals surface area (Å²) in [5, 5.41) is 2.83. The molecule has 0 bridgehead atoms. The van der Waals surface area contributed by atoms with E-state index in [1.165, 1.54) is 12.1 Å². The summed E-state index contributed by atoms with van der Waals surface area (Å²) in [5.74, 6) is 5.30. The zero-order valence-electron chi connectivity index (χ0n) is 12.5. The fourth-order valence-corrected chi connectivity index (χ4v) is 2.19. The first-order valence-electron chi connectivity index (χ1n) is 7.27. The number of hydrogen-bond acceptors (Lipinski definition) is 1. The highest BCUT2D eigenvalue weighted by Crippen LogP contribution is 2.18. The smallest absolute Gasteiger partial charge is 0.228 e. The lowest BCUT2D eigenvalue weighted by molar-refractivity contribution is -0.122. The standard InChI is InChI=1S/C19H18FNO/c1-2-18(16-8-4-3-5-9-16)19(22)21-14-6-7-15-10-12-17(20)13-11-15/h3-5,8-13,18H,2,14H2,1H3,(H,21,22). The lowest BCUT2D eigenvalue weighted by Gasteiger charge is -2.14. The molecule has 1 N–H and O–H groups in total. The van der Waals surface area contributed by atoms with Gasteiger partial charge in [0, 0.05) is 5.56 Å². The first-order chi connectivity index (χ1) is 10.7. The maximum Gasteiger partial charge on any atom is 0.228 e. The zero-order valence-corrected chi connectivity index (χ0v) is 12.5. The van der Waals surface area contributed by atoms with Gasteiger partial charge < -0.3 is 5.32 Å². The summed E-state index contributed by atoms with van der Waals surface area (Å²) in [5.41, 5.74) is 1.74. The molecule has 0 aliphatic rings. The van der Waals surface area contributed by atoms with Crippen LogP contribution < -0.4 is 5.32 Å². The van der Waals surface area contributed by atoms with E-state index in [0.29, 0.717) is 0 Å². The van der Waals surface area contributed by atoms with Gasteiger partial charge in [-0.2, -0.15) is 0 Å². The average Bonchev–Trinajstić information content (AvgIpc) is 2.55. The zero-order chi connectivity index (χ0) is 15.8. The summed E-state index contributed by atoms with van der Waals surface area (Å²) in [6, 6.07) is 15.7. The van der Waals surface area contributed by atoms with Crippen molar-refractivity contribution in [3.05, 3.63) is 71.5 Å². The summed E-state index contributed by atoms with van der Waals surface area (Å²) in [6.07, 6.45) is 0.737. The molecule has 0 saturated heterocycles. The van der Waals surface area contributed by atoms with Crippen LogP contribution in [0.2, 0.25) is 0 Å². The van der Waals surface area contributed by atoms with Crippen molar-refractivity contribution < 1.29 is 9.18 Å². The van der Waals surface area contributed by atoms with Crippen LogP contribution in [0.3, 0.4) is 0 Å². The van der Waals surface area contributed by atoms with Crippen molar-refractivity contribution >= 4 is 5.91 Å². The third kappa shape index (κ3) is 4.46. The summed E-state index contributed by atoms with van der Waals surface area (Å²) < 4.78 is 12.8. The predicted molar refractivity (Wildman–Crippen MR) is 85.8 cm³/mol. The number of benzene rings is 2. The number of carbonyl (C=O) groups excluding carboxylic acids is 1. The Morgan fingerprint density at radius 3 is 2.45 bits per heavy atom. The number of carbonyl (C=O) groups is 1. The van der Waals surface area contributed by atoms with Crippen LogP contribution in [0.5, 0.6) is 0 Å². The van der Waals surface area contributed by atoms with Crippen LogP contribution in [0.25, 0.3) is 0 Å². The van der Waals surface area contributed by atoms with Gasteiger partial charge in [0.2, 0.25) is 5.91 Å². The second-order valence-corrected chi connectivity index (χ2v) is 4.90. The van der Waals surface area contributed by atoms with Gasteiger partial charge in [-0.15, -0.1) is 0 Å². The number of amides is 1. The van der Waals surface area contributed by atoms with Crippen LogP contribution in [0.15, 0.2) is 54.6 Å². The normalized spacial score (nSPS) is 11.2. The van der Waals surface area contributed by atoms with Crippen molar-refractivity contribution in [2.75, 3.05) is 6.54 Å². The van der Waals surface area contributed by atoms with Crippen molar-refractivity contribution in [3.63, 3.8) is 0 Å². The van der Waals surface area contributed by atoms with E-state index in [9.17, 15) is 9.18 Å². The Balaban J connectivity index is 1.91. The first-order valence-corrected chi connectivity index (χ1v) is 7.27. The maximum absolute atomic E-state index is 12.8. The number of rotatable bonds is 4. The van der Waals surface area contributed by atoms with Gasteiger partial charge in [-0.05, 0) is 36.2 Å². The molecule has 112 valence electrons. The maximum atomic E-state index is 12.8. The van der Waals surface area contributed by atoms with E-state index in [0.717, 1.165) is 17.5 Å². The molecule has 2 rings (SSSR count). The van der Waals surface area contributed by atoms with E-state index in [4.69, 9.17) is 0 Å². The van der Waals surface area contributed by atoms with Crippen LogP contribution >= 0.6 is 0 Å². The second-order valence-electron chi connectivity index (χ2n) is 4.90.